The maximum Gasteiger partial charge on any atom is 0.307 e. The molecule has 1 aromatic rings. The van der Waals surface area contributed by atoms with E-state index in [1.807, 2.05) is 41.3 Å². The normalized spacial score (nSPS) is 30.7. The molecule has 26 heavy (non-hydrogen) atoms. The van der Waals surface area contributed by atoms with Crippen molar-refractivity contribution in [2.75, 3.05) is 26.2 Å². The predicted molar refractivity (Wildman–Crippen MR) is 98.7 cm³/mol. The number of aliphatic carboxylic acids is 1. The maximum atomic E-state index is 13.0. The number of hydrogen-bond acceptors (Lipinski definition) is 3. The van der Waals surface area contributed by atoms with Crippen LogP contribution in [0.4, 0.5) is 0 Å². The summed E-state index contributed by atoms with van der Waals surface area (Å²) in [4.78, 5) is 28.8. The number of piperazine rings is 1. The highest BCUT2D eigenvalue weighted by Gasteiger charge is 2.52. The third kappa shape index (κ3) is 3.14. The number of fused-ring (bicyclic) bond motifs is 2. The topological polar surface area (TPSA) is 60.9 Å². The van der Waals surface area contributed by atoms with Gasteiger partial charge < -0.3 is 10.0 Å². The number of amides is 1. The van der Waals surface area contributed by atoms with Crippen molar-refractivity contribution in [3.8, 4) is 0 Å². The Bertz CT molecular complexity index is 742. The molecule has 4 rings (SSSR count). The van der Waals surface area contributed by atoms with Crippen LogP contribution in [0.5, 0.6) is 0 Å². The van der Waals surface area contributed by atoms with Crippen molar-refractivity contribution in [1.82, 2.24) is 9.80 Å². The lowest BCUT2D eigenvalue weighted by atomic mass is 9.82. The second-order valence-corrected chi connectivity index (χ2v) is 7.94. The smallest absolute Gasteiger partial charge is 0.307 e. The van der Waals surface area contributed by atoms with E-state index in [2.05, 4.69) is 4.90 Å². The number of carboxylic acids is 1. The zero-order valence-electron chi connectivity index (χ0n) is 14.6. The number of carbonyl (C=O) groups excluding carboxylic acids is 1. The molecule has 6 heteroatoms. The number of carboxylic acid groups (broad SMARTS) is 1. The van der Waals surface area contributed by atoms with Gasteiger partial charge in [-0.1, -0.05) is 42.0 Å². The molecule has 4 atom stereocenters. The van der Waals surface area contributed by atoms with Crippen LogP contribution in [0, 0.1) is 23.7 Å². The largest absolute Gasteiger partial charge is 0.481 e. The van der Waals surface area contributed by atoms with E-state index in [9.17, 15) is 14.7 Å². The molecular weight excluding hydrogens is 352 g/mol. The van der Waals surface area contributed by atoms with Gasteiger partial charge in [0.2, 0.25) is 5.91 Å². The summed E-state index contributed by atoms with van der Waals surface area (Å²) in [6, 6.07) is 7.82. The summed E-state index contributed by atoms with van der Waals surface area (Å²) in [6.45, 7) is 3.63. The van der Waals surface area contributed by atoms with Gasteiger partial charge in [-0.05, 0) is 29.9 Å². The molecule has 0 unspecified atom stereocenters. The van der Waals surface area contributed by atoms with Gasteiger partial charge in [0.25, 0.3) is 0 Å². The second-order valence-electron chi connectivity index (χ2n) is 7.53. The molecule has 1 aliphatic heterocycles. The van der Waals surface area contributed by atoms with Crippen LogP contribution in [-0.2, 0) is 16.1 Å². The van der Waals surface area contributed by atoms with E-state index in [1.54, 1.807) is 0 Å². The molecule has 138 valence electrons. The summed E-state index contributed by atoms with van der Waals surface area (Å²) in [7, 11) is 0. The van der Waals surface area contributed by atoms with Gasteiger partial charge in [-0.25, -0.2) is 0 Å². The summed E-state index contributed by atoms with van der Waals surface area (Å²) >= 11 is 6.24. The quantitative estimate of drug-likeness (QED) is 0.822. The highest BCUT2D eigenvalue weighted by Crippen LogP contribution is 2.48. The monoisotopic (exact) mass is 374 g/mol. The van der Waals surface area contributed by atoms with Crippen molar-refractivity contribution < 1.29 is 14.7 Å². The van der Waals surface area contributed by atoms with Crippen molar-refractivity contribution in [1.29, 1.82) is 0 Å². The van der Waals surface area contributed by atoms with E-state index in [0.717, 1.165) is 36.6 Å². The average molecular weight is 375 g/mol. The Balaban J connectivity index is 1.37. The Hall–Kier alpha value is -1.85. The molecular formula is C20H23ClN2O3. The molecule has 3 aliphatic rings. The van der Waals surface area contributed by atoms with Crippen molar-refractivity contribution >= 4 is 23.5 Å². The summed E-state index contributed by atoms with van der Waals surface area (Å²) in [5.74, 6) is -1.65. The Kier molecular flexibility index (Phi) is 4.76. The zero-order valence-corrected chi connectivity index (χ0v) is 15.3. The van der Waals surface area contributed by atoms with Crippen LogP contribution in [-0.4, -0.2) is 53.0 Å². The van der Waals surface area contributed by atoms with Gasteiger partial charge in [0.05, 0.1) is 11.8 Å². The molecule has 2 aliphatic carbocycles. The minimum absolute atomic E-state index is 0.0200. The number of benzene rings is 1. The lowest BCUT2D eigenvalue weighted by molar-refractivity contribution is -0.151. The van der Waals surface area contributed by atoms with Gasteiger partial charge >= 0.3 is 5.97 Å². The summed E-state index contributed by atoms with van der Waals surface area (Å²) in [6.07, 6.45) is 4.83. The third-order valence-electron chi connectivity index (χ3n) is 6.07. The number of halogens is 1. The van der Waals surface area contributed by atoms with E-state index >= 15 is 0 Å². The van der Waals surface area contributed by atoms with Gasteiger partial charge in [-0.15, -0.1) is 0 Å². The van der Waals surface area contributed by atoms with E-state index in [1.165, 1.54) is 0 Å². The lowest BCUT2D eigenvalue weighted by Gasteiger charge is -2.37. The molecule has 2 bridgehead atoms. The first-order valence-corrected chi connectivity index (χ1v) is 9.58. The number of allylic oxidation sites excluding steroid dienone is 2. The van der Waals surface area contributed by atoms with Gasteiger partial charge in [0.1, 0.15) is 0 Å². The van der Waals surface area contributed by atoms with Gasteiger partial charge in [0.15, 0.2) is 0 Å². The first-order valence-electron chi connectivity index (χ1n) is 9.20. The summed E-state index contributed by atoms with van der Waals surface area (Å²) in [5, 5.41) is 10.3. The van der Waals surface area contributed by atoms with Crippen LogP contribution in [0.1, 0.15) is 12.0 Å². The van der Waals surface area contributed by atoms with Crippen LogP contribution in [0.15, 0.2) is 36.4 Å². The molecule has 1 saturated heterocycles. The Labute approximate surface area is 158 Å². The summed E-state index contributed by atoms with van der Waals surface area (Å²) < 4.78 is 0. The molecule has 0 radical (unpaired) electrons. The van der Waals surface area contributed by atoms with Crippen molar-refractivity contribution in [2.24, 2.45) is 23.7 Å². The minimum atomic E-state index is -0.836. The Morgan fingerprint density at radius 2 is 1.69 bits per heavy atom. The van der Waals surface area contributed by atoms with Crippen molar-refractivity contribution in [3.05, 3.63) is 47.0 Å². The molecule has 0 aromatic heterocycles. The molecule has 0 spiro atoms. The van der Waals surface area contributed by atoms with E-state index in [0.29, 0.717) is 13.1 Å². The SMILES string of the molecule is O=C(O)[C@H]1[C@H](C(=O)N2CCN(Cc3ccccc3Cl)CC2)[C@H]2C=C[C@H]1C2. The molecule has 2 fully saturated rings. The molecule has 5 nitrogen and oxygen atoms in total. The lowest BCUT2D eigenvalue weighted by Crippen LogP contribution is -2.52. The van der Waals surface area contributed by atoms with Crippen molar-refractivity contribution in [3.63, 3.8) is 0 Å². The fourth-order valence-corrected chi connectivity index (χ4v) is 4.90. The Morgan fingerprint density at radius 1 is 1.04 bits per heavy atom. The van der Waals surface area contributed by atoms with Crippen LogP contribution in [0.25, 0.3) is 0 Å². The number of rotatable bonds is 4. The predicted octanol–water partition coefficient (Wildman–Crippen LogP) is 2.51. The highest BCUT2D eigenvalue weighted by molar-refractivity contribution is 6.31. The van der Waals surface area contributed by atoms with Crippen LogP contribution in [0.2, 0.25) is 5.02 Å². The highest BCUT2D eigenvalue weighted by atomic mass is 35.5. The minimum Gasteiger partial charge on any atom is -0.481 e. The van der Waals surface area contributed by atoms with Crippen LogP contribution < -0.4 is 0 Å². The molecule has 1 amide bonds. The van der Waals surface area contributed by atoms with E-state index in [-0.39, 0.29) is 17.7 Å². The second kappa shape index (κ2) is 7.05. The van der Waals surface area contributed by atoms with Gasteiger partial charge in [0, 0.05) is 37.7 Å². The van der Waals surface area contributed by atoms with Crippen LogP contribution >= 0.6 is 11.6 Å². The average Bonchev–Trinajstić information content (AvgIpc) is 3.25. The van der Waals surface area contributed by atoms with Crippen LogP contribution in [0.3, 0.4) is 0 Å². The van der Waals surface area contributed by atoms with Crippen molar-refractivity contribution in [2.45, 2.75) is 13.0 Å². The first kappa shape index (κ1) is 17.6. The molecule has 1 saturated carbocycles. The standard InChI is InChI=1S/C20H23ClN2O3/c21-16-4-2-1-3-15(16)12-22-7-9-23(10-8-22)19(24)17-13-5-6-14(11-13)18(17)20(25)26/h1-6,13-14,17-18H,7-12H2,(H,25,26)/t13-,14-,17+,18+/m0/s1. The fourth-order valence-electron chi connectivity index (χ4n) is 4.70. The van der Waals surface area contributed by atoms with Gasteiger partial charge in [-0.2, -0.15) is 0 Å². The number of nitrogens with zero attached hydrogens (tertiary/aromatic N) is 2. The van der Waals surface area contributed by atoms with E-state index < -0.39 is 17.8 Å². The number of hydrogen-bond donors (Lipinski definition) is 1. The van der Waals surface area contributed by atoms with Gasteiger partial charge in [-0.3, -0.25) is 14.5 Å². The zero-order chi connectivity index (χ0) is 18.3. The fraction of sp³-hybridized carbons (Fsp3) is 0.500. The number of carbonyl (C=O) groups is 2. The summed E-state index contributed by atoms with van der Waals surface area (Å²) in [5.41, 5.74) is 1.10. The molecule has 1 N–H and O–H groups in total. The molecule has 1 aromatic carbocycles. The van der Waals surface area contributed by atoms with E-state index in [4.69, 9.17) is 11.6 Å². The Morgan fingerprint density at radius 3 is 2.35 bits per heavy atom. The third-order valence-corrected chi connectivity index (χ3v) is 6.43. The maximum absolute atomic E-state index is 13.0. The molecule has 1 heterocycles. The first-order chi connectivity index (χ1) is 12.5.